The first-order valence-corrected chi connectivity index (χ1v) is 9.65. The van der Waals surface area contributed by atoms with E-state index in [4.69, 9.17) is 16.2 Å². The van der Waals surface area contributed by atoms with Crippen molar-refractivity contribution < 1.29 is 23.5 Å². The van der Waals surface area contributed by atoms with Crippen LogP contribution in [0.1, 0.15) is 26.4 Å². The molecule has 2 heterocycles. The van der Waals surface area contributed by atoms with Crippen LogP contribution in [0.3, 0.4) is 0 Å². The predicted molar refractivity (Wildman–Crippen MR) is 108 cm³/mol. The van der Waals surface area contributed by atoms with E-state index in [1.807, 2.05) is 0 Å². The number of aromatic nitrogens is 3. The summed E-state index contributed by atoms with van der Waals surface area (Å²) in [5.41, 5.74) is -0.766. The number of nitrogens with one attached hydrogen (secondary N) is 3. The third-order valence-electron chi connectivity index (χ3n) is 3.90. The molecular weight excluding hydrogens is 438 g/mol. The van der Waals surface area contributed by atoms with Crippen molar-refractivity contribution in [3.8, 4) is 11.6 Å². The number of aromatic amines is 1. The van der Waals surface area contributed by atoms with Gasteiger partial charge in [-0.05, 0) is 36.8 Å². The molecule has 0 saturated carbocycles. The lowest BCUT2D eigenvalue weighted by Gasteiger charge is -2.15. The van der Waals surface area contributed by atoms with Gasteiger partial charge >= 0.3 is 0 Å². The highest BCUT2D eigenvalue weighted by Gasteiger charge is 2.22. The number of rotatable bonds is 5. The number of aromatic hydroxyl groups is 1. The lowest BCUT2D eigenvalue weighted by molar-refractivity contribution is 0.0981. The molecule has 30 heavy (non-hydrogen) atoms. The molecule has 156 valence electrons. The molecule has 2 amide bonds. The Kier molecular flexibility index (Phi) is 6.01. The number of carbonyl (C=O) groups excluding carboxylic acids is 2. The number of anilines is 1. The molecule has 0 radical (unpaired) electrons. The van der Waals surface area contributed by atoms with Crippen LogP contribution >= 0.6 is 11.6 Å². The van der Waals surface area contributed by atoms with E-state index in [9.17, 15) is 23.7 Å². The summed E-state index contributed by atoms with van der Waals surface area (Å²) in [4.78, 5) is 41.0. The molecule has 1 atom stereocenters. The van der Waals surface area contributed by atoms with Crippen molar-refractivity contribution in [1.29, 1.82) is 0 Å². The number of phenolic OH excluding ortho intramolecular Hbond substituents is 1. The molecule has 0 spiro atoms. The summed E-state index contributed by atoms with van der Waals surface area (Å²) in [6.45, 7) is 1.50. The van der Waals surface area contributed by atoms with Crippen LogP contribution < -0.4 is 15.6 Å². The van der Waals surface area contributed by atoms with Crippen molar-refractivity contribution in [2.45, 2.75) is 6.92 Å². The molecule has 0 aliphatic heterocycles. The minimum atomic E-state index is -2.66. The van der Waals surface area contributed by atoms with Gasteiger partial charge < -0.3 is 10.4 Å². The summed E-state index contributed by atoms with van der Waals surface area (Å²) in [5, 5.41) is 14.8. The Labute approximate surface area is 176 Å². The average molecular weight is 452 g/mol. The highest BCUT2D eigenvalue weighted by Crippen LogP contribution is 2.27. The van der Waals surface area contributed by atoms with Crippen LogP contribution in [0.2, 0.25) is 5.02 Å². The summed E-state index contributed by atoms with van der Waals surface area (Å²) in [5.74, 6) is -2.01. The SMILES string of the molecule is Cc1cc(O)cc(C(=O)NS(=O)O)c1NC(=O)c1cc(=O)[nH]n1-c1ncccc1Cl. The summed E-state index contributed by atoms with van der Waals surface area (Å²) >= 11 is 3.43. The number of benzene rings is 1. The van der Waals surface area contributed by atoms with Gasteiger partial charge in [-0.15, -0.1) is 0 Å². The summed E-state index contributed by atoms with van der Waals surface area (Å²) < 4.78 is 22.6. The van der Waals surface area contributed by atoms with Crippen LogP contribution in [-0.2, 0) is 11.3 Å². The number of pyridine rings is 1. The number of phenols is 1. The maximum atomic E-state index is 12.9. The molecular formula is C17H14ClN5O6S. The fraction of sp³-hybridized carbons (Fsp3) is 0.0588. The summed E-state index contributed by atoms with van der Waals surface area (Å²) in [6, 6.07) is 6.40. The van der Waals surface area contributed by atoms with E-state index < -0.39 is 28.6 Å². The van der Waals surface area contributed by atoms with Gasteiger partial charge in [-0.1, -0.05) is 11.6 Å². The molecule has 11 nitrogen and oxygen atoms in total. The van der Waals surface area contributed by atoms with Gasteiger partial charge in [0.25, 0.3) is 28.6 Å². The first kappa shape index (κ1) is 21.2. The van der Waals surface area contributed by atoms with E-state index in [1.54, 1.807) is 10.8 Å². The summed E-state index contributed by atoms with van der Waals surface area (Å²) in [6.07, 6.45) is 1.42. The van der Waals surface area contributed by atoms with E-state index in [2.05, 4.69) is 15.4 Å². The smallest absolute Gasteiger partial charge is 0.274 e. The second-order valence-corrected chi connectivity index (χ2v) is 7.08. The first-order valence-electron chi connectivity index (χ1n) is 8.17. The molecule has 5 N–H and O–H groups in total. The van der Waals surface area contributed by atoms with Crippen molar-refractivity contribution in [1.82, 2.24) is 19.5 Å². The Balaban J connectivity index is 2.04. The highest BCUT2D eigenvalue weighted by molar-refractivity contribution is 7.77. The third-order valence-corrected chi connectivity index (χ3v) is 4.55. The number of carbonyl (C=O) groups is 2. The zero-order valence-electron chi connectivity index (χ0n) is 15.2. The number of hydrogen-bond donors (Lipinski definition) is 5. The maximum Gasteiger partial charge on any atom is 0.274 e. The fourth-order valence-corrected chi connectivity index (χ4v) is 3.17. The Bertz CT molecular complexity index is 1240. The molecule has 0 bridgehead atoms. The van der Waals surface area contributed by atoms with E-state index in [1.165, 1.54) is 25.3 Å². The Morgan fingerprint density at radius 1 is 1.27 bits per heavy atom. The highest BCUT2D eigenvalue weighted by atomic mass is 35.5. The van der Waals surface area contributed by atoms with Crippen LogP contribution in [0.15, 0.2) is 41.3 Å². The van der Waals surface area contributed by atoms with Gasteiger partial charge in [0, 0.05) is 12.3 Å². The zero-order chi connectivity index (χ0) is 22.0. The molecule has 1 unspecified atom stereocenters. The lowest BCUT2D eigenvalue weighted by Crippen LogP contribution is -2.27. The molecule has 3 aromatic rings. The number of aryl methyl sites for hydroxylation is 1. The molecule has 2 aromatic heterocycles. The van der Waals surface area contributed by atoms with Crippen LogP contribution in [0.4, 0.5) is 5.69 Å². The second-order valence-electron chi connectivity index (χ2n) is 5.97. The monoisotopic (exact) mass is 451 g/mol. The van der Waals surface area contributed by atoms with Crippen molar-refractivity contribution in [2.75, 3.05) is 5.32 Å². The van der Waals surface area contributed by atoms with Gasteiger partial charge in [-0.3, -0.25) is 24.0 Å². The quantitative estimate of drug-likeness (QED) is 0.288. The van der Waals surface area contributed by atoms with E-state index >= 15 is 0 Å². The standard InChI is InChI=1S/C17H14ClN5O6S/c1-8-5-9(24)6-10(16(26)22-30(28)29)14(8)20-17(27)12-7-13(25)21-23(12)15-11(18)3-2-4-19-15/h2-7,24H,1H3,(H,20,27)(H,21,25)(H,22,26)(H,28,29). The molecule has 0 aliphatic rings. The molecule has 3 rings (SSSR count). The topological polar surface area (TPSA) is 166 Å². The molecule has 1 aromatic carbocycles. The van der Waals surface area contributed by atoms with Crippen molar-refractivity contribution in [3.05, 3.63) is 68.7 Å². The number of H-pyrrole nitrogens is 1. The Hall–Kier alpha value is -3.48. The van der Waals surface area contributed by atoms with E-state index in [-0.39, 0.29) is 39.1 Å². The van der Waals surface area contributed by atoms with Crippen molar-refractivity contribution >= 4 is 40.4 Å². The van der Waals surface area contributed by atoms with Crippen molar-refractivity contribution in [2.24, 2.45) is 0 Å². The van der Waals surface area contributed by atoms with E-state index in [0.29, 0.717) is 0 Å². The van der Waals surface area contributed by atoms with Crippen LogP contribution in [-0.4, -0.2) is 40.4 Å². The molecule has 0 saturated heterocycles. The lowest BCUT2D eigenvalue weighted by atomic mass is 10.1. The summed E-state index contributed by atoms with van der Waals surface area (Å²) in [7, 11) is 0. The van der Waals surface area contributed by atoms with Crippen LogP contribution in [0, 0.1) is 6.92 Å². The predicted octanol–water partition coefficient (Wildman–Crippen LogP) is 1.35. The number of nitrogens with zero attached hydrogens (tertiary/aromatic N) is 2. The van der Waals surface area contributed by atoms with Gasteiger partial charge in [0.2, 0.25) is 0 Å². The van der Waals surface area contributed by atoms with E-state index in [0.717, 1.165) is 16.8 Å². The van der Waals surface area contributed by atoms with Gasteiger partial charge in [0.05, 0.1) is 16.3 Å². The normalized spacial score (nSPS) is 11.7. The fourth-order valence-electron chi connectivity index (χ4n) is 2.69. The number of amides is 2. The third kappa shape index (κ3) is 4.40. The van der Waals surface area contributed by atoms with Crippen molar-refractivity contribution in [3.63, 3.8) is 0 Å². The van der Waals surface area contributed by atoms with Crippen LogP contribution in [0.5, 0.6) is 5.75 Å². The molecule has 0 aliphatic carbocycles. The minimum Gasteiger partial charge on any atom is -0.508 e. The Morgan fingerprint density at radius 2 is 2.00 bits per heavy atom. The second kappa shape index (κ2) is 8.49. The Morgan fingerprint density at radius 3 is 2.67 bits per heavy atom. The maximum absolute atomic E-state index is 12.9. The van der Waals surface area contributed by atoms with Gasteiger partial charge in [0.1, 0.15) is 11.4 Å². The van der Waals surface area contributed by atoms with Gasteiger partial charge in [-0.2, -0.15) is 0 Å². The molecule has 13 heteroatoms. The van der Waals surface area contributed by atoms with Crippen LogP contribution in [0.25, 0.3) is 5.82 Å². The average Bonchev–Trinajstić information content (AvgIpc) is 3.05. The number of hydrogen-bond acceptors (Lipinski definition) is 6. The zero-order valence-corrected chi connectivity index (χ0v) is 16.7. The number of halogens is 1. The van der Waals surface area contributed by atoms with Gasteiger partial charge in [-0.25, -0.2) is 18.6 Å². The largest absolute Gasteiger partial charge is 0.508 e. The molecule has 0 fully saturated rings. The minimum absolute atomic E-state index is 0.0342. The van der Waals surface area contributed by atoms with Gasteiger partial charge in [0.15, 0.2) is 5.82 Å². The first-order chi connectivity index (χ1) is 14.2.